The highest BCUT2D eigenvalue weighted by molar-refractivity contribution is 5.39. The van der Waals surface area contributed by atoms with Gasteiger partial charge in [-0.2, -0.15) is 0 Å². The first-order valence-corrected chi connectivity index (χ1v) is 5.42. The minimum Gasteiger partial charge on any atom is -0.497 e. The van der Waals surface area contributed by atoms with Crippen molar-refractivity contribution >= 4 is 0 Å². The highest BCUT2D eigenvalue weighted by atomic mass is 16.5. The van der Waals surface area contributed by atoms with Gasteiger partial charge in [0.2, 0.25) is 0 Å². The zero-order valence-electron chi connectivity index (χ0n) is 9.87. The van der Waals surface area contributed by atoms with Gasteiger partial charge in [0.15, 0.2) is 0 Å². The summed E-state index contributed by atoms with van der Waals surface area (Å²) in [5.74, 6) is 1.56. The number of rotatable bonds is 3. The van der Waals surface area contributed by atoms with Crippen molar-refractivity contribution in [1.82, 2.24) is 5.32 Å². The molecule has 15 heavy (non-hydrogen) atoms. The molecule has 1 N–H and O–H groups in total. The van der Waals surface area contributed by atoms with Crippen LogP contribution in [0.1, 0.15) is 25.3 Å². The normalized spacial score (nSPS) is 27.5. The van der Waals surface area contributed by atoms with Crippen LogP contribution in [-0.4, -0.2) is 20.2 Å². The fourth-order valence-corrected chi connectivity index (χ4v) is 2.63. The first-order valence-electron chi connectivity index (χ1n) is 5.42. The molecule has 82 valence electrons. The second kappa shape index (κ2) is 3.53. The fraction of sp³-hybridized carbons (Fsp3) is 0.538. The summed E-state index contributed by atoms with van der Waals surface area (Å²) in [6.07, 6.45) is 0. The summed E-state index contributed by atoms with van der Waals surface area (Å²) in [5, 5.41) is 3.37. The van der Waals surface area contributed by atoms with Gasteiger partial charge < -0.3 is 10.1 Å². The van der Waals surface area contributed by atoms with E-state index in [4.69, 9.17) is 4.74 Å². The van der Waals surface area contributed by atoms with Crippen LogP contribution in [0.4, 0.5) is 0 Å². The number of ether oxygens (including phenoxy) is 1. The summed E-state index contributed by atoms with van der Waals surface area (Å²) in [6, 6.07) is 8.98. The number of benzene rings is 1. The first-order chi connectivity index (χ1) is 7.11. The first kappa shape index (κ1) is 10.5. The second-order valence-corrected chi connectivity index (χ2v) is 4.84. The van der Waals surface area contributed by atoms with Crippen LogP contribution in [0.25, 0.3) is 0 Å². The van der Waals surface area contributed by atoms with E-state index in [2.05, 4.69) is 37.4 Å². The molecule has 2 rings (SSSR count). The SMILES string of the molecule is CNC1C(c2cccc(OC)c2)C1(C)C. The van der Waals surface area contributed by atoms with Gasteiger partial charge >= 0.3 is 0 Å². The molecule has 2 atom stereocenters. The van der Waals surface area contributed by atoms with Crippen molar-refractivity contribution in [3.8, 4) is 5.75 Å². The van der Waals surface area contributed by atoms with E-state index < -0.39 is 0 Å². The van der Waals surface area contributed by atoms with E-state index in [1.54, 1.807) is 7.11 Å². The smallest absolute Gasteiger partial charge is 0.119 e. The van der Waals surface area contributed by atoms with Crippen molar-refractivity contribution < 1.29 is 4.74 Å². The molecule has 2 unspecified atom stereocenters. The van der Waals surface area contributed by atoms with Gasteiger partial charge in [0.25, 0.3) is 0 Å². The molecule has 0 radical (unpaired) electrons. The topological polar surface area (TPSA) is 21.3 Å². The Bertz CT molecular complexity index is 359. The van der Waals surface area contributed by atoms with Gasteiger partial charge in [-0.05, 0) is 30.2 Å². The fourth-order valence-electron chi connectivity index (χ4n) is 2.63. The Labute approximate surface area is 91.6 Å². The summed E-state index contributed by atoms with van der Waals surface area (Å²) in [4.78, 5) is 0. The molecule has 0 amide bonds. The largest absolute Gasteiger partial charge is 0.497 e. The Kier molecular flexibility index (Phi) is 2.47. The molecule has 1 aliphatic carbocycles. The molecule has 1 fully saturated rings. The van der Waals surface area contributed by atoms with Gasteiger partial charge in [-0.15, -0.1) is 0 Å². The Morgan fingerprint density at radius 3 is 2.60 bits per heavy atom. The summed E-state index contributed by atoms with van der Waals surface area (Å²) in [6.45, 7) is 4.61. The van der Waals surface area contributed by atoms with Gasteiger partial charge in [-0.1, -0.05) is 26.0 Å². The van der Waals surface area contributed by atoms with Gasteiger partial charge in [0, 0.05) is 12.0 Å². The van der Waals surface area contributed by atoms with E-state index in [0.29, 0.717) is 17.4 Å². The predicted octanol–water partition coefficient (Wildman–Crippen LogP) is 2.41. The standard InChI is InChI=1S/C13H19NO/c1-13(2)11(12(13)14-3)9-6-5-7-10(8-9)15-4/h5-8,11-12,14H,1-4H3. The summed E-state index contributed by atoms with van der Waals surface area (Å²) in [7, 11) is 3.75. The Morgan fingerprint density at radius 1 is 1.33 bits per heavy atom. The predicted molar refractivity (Wildman–Crippen MR) is 62.4 cm³/mol. The average molecular weight is 205 g/mol. The molecule has 0 heterocycles. The van der Waals surface area contributed by atoms with Crippen LogP contribution in [-0.2, 0) is 0 Å². The lowest BCUT2D eigenvalue weighted by Crippen LogP contribution is -2.14. The molecule has 2 nitrogen and oxygen atoms in total. The third-order valence-corrected chi connectivity index (χ3v) is 3.59. The molecule has 0 spiro atoms. The van der Waals surface area contributed by atoms with Crippen molar-refractivity contribution in [3.63, 3.8) is 0 Å². The zero-order valence-corrected chi connectivity index (χ0v) is 9.87. The maximum Gasteiger partial charge on any atom is 0.119 e. The van der Waals surface area contributed by atoms with E-state index >= 15 is 0 Å². The molecule has 1 aromatic carbocycles. The number of hydrogen-bond donors (Lipinski definition) is 1. The summed E-state index contributed by atoms with van der Waals surface area (Å²) < 4.78 is 5.25. The van der Waals surface area contributed by atoms with Crippen LogP contribution < -0.4 is 10.1 Å². The lowest BCUT2D eigenvalue weighted by Gasteiger charge is -2.05. The summed E-state index contributed by atoms with van der Waals surface area (Å²) in [5.41, 5.74) is 1.74. The number of nitrogens with one attached hydrogen (secondary N) is 1. The Morgan fingerprint density at radius 2 is 2.07 bits per heavy atom. The number of hydrogen-bond acceptors (Lipinski definition) is 2. The highest BCUT2D eigenvalue weighted by Crippen LogP contribution is 2.58. The van der Waals surface area contributed by atoms with Crippen LogP contribution in [0.15, 0.2) is 24.3 Å². The van der Waals surface area contributed by atoms with Gasteiger partial charge in [0.05, 0.1) is 7.11 Å². The monoisotopic (exact) mass is 205 g/mol. The zero-order chi connectivity index (χ0) is 11.1. The van der Waals surface area contributed by atoms with Crippen molar-refractivity contribution in [1.29, 1.82) is 0 Å². The van der Waals surface area contributed by atoms with Crippen molar-refractivity contribution in [2.75, 3.05) is 14.2 Å². The molecular formula is C13H19NO. The Balaban J connectivity index is 2.24. The molecule has 1 aromatic rings. The minimum atomic E-state index is 0.362. The van der Waals surface area contributed by atoms with E-state index in [1.807, 2.05) is 13.1 Å². The molecule has 0 bridgehead atoms. The molecular weight excluding hydrogens is 186 g/mol. The number of likely N-dealkylation sites (N-methyl/N-ethyl adjacent to an activating group) is 1. The molecule has 0 aromatic heterocycles. The lowest BCUT2D eigenvalue weighted by atomic mass is 10.0. The molecule has 2 heteroatoms. The number of methoxy groups -OCH3 is 1. The third kappa shape index (κ3) is 1.63. The molecule has 1 saturated carbocycles. The quantitative estimate of drug-likeness (QED) is 0.818. The molecule has 1 aliphatic rings. The van der Waals surface area contributed by atoms with Crippen LogP contribution >= 0.6 is 0 Å². The molecule has 0 saturated heterocycles. The minimum absolute atomic E-state index is 0.362. The maximum atomic E-state index is 5.25. The highest BCUT2D eigenvalue weighted by Gasteiger charge is 2.57. The Hall–Kier alpha value is -1.02. The van der Waals surface area contributed by atoms with Crippen molar-refractivity contribution in [2.45, 2.75) is 25.8 Å². The van der Waals surface area contributed by atoms with Crippen LogP contribution in [0, 0.1) is 5.41 Å². The van der Waals surface area contributed by atoms with Crippen LogP contribution in [0.5, 0.6) is 5.75 Å². The van der Waals surface area contributed by atoms with E-state index in [-0.39, 0.29) is 0 Å². The lowest BCUT2D eigenvalue weighted by molar-refractivity contribution is 0.414. The third-order valence-electron chi connectivity index (χ3n) is 3.59. The maximum absolute atomic E-state index is 5.25. The van der Waals surface area contributed by atoms with Gasteiger partial charge in [0.1, 0.15) is 5.75 Å². The van der Waals surface area contributed by atoms with E-state index in [0.717, 1.165) is 5.75 Å². The van der Waals surface area contributed by atoms with Crippen molar-refractivity contribution in [2.24, 2.45) is 5.41 Å². The van der Waals surface area contributed by atoms with Gasteiger partial charge in [-0.3, -0.25) is 0 Å². The van der Waals surface area contributed by atoms with Crippen LogP contribution in [0.2, 0.25) is 0 Å². The van der Waals surface area contributed by atoms with E-state index in [1.165, 1.54) is 5.56 Å². The second-order valence-electron chi connectivity index (χ2n) is 4.84. The van der Waals surface area contributed by atoms with Gasteiger partial charge in [-0.25, -0.2) is 0 Å². The molecule has 0 aliphatic heterocycles. The van der Waals surface area contributed by atoms with Crippen LogP contribution in [0.3, 0.4) is 0 Å². The summed E-state index contributed by atoms with van der Waals surface area (Å²) >= 11 is 0. The van der Waals surface area contributed by atoms with E-state index in [9.17, 15) is 0 Å². The van der Waals surface area contributed by atoms with Crippen molar-refractivity contribution in [3.05, 3.63) is 29.8 Å². The average Bonchev–Trinajstić information content (AvgIpc) is 2.80.